The van der Waals surface area contributed by atoms with E-state index in [9.17, 15) is 10.1 Å². The van der Waals surface area contributed by atoms with Crippen LogP contribution in [0, 0.1) is 17.0 Å². The Morgan fingerprint density at radius 1 is 1.18 bits per heavy atom. The molecule has 1 atom stereocenters. The molecule has 3 aromatic rings. The topological polar surface area (TPSA) is 58.9 Å². The van der Waals surface area contributed by atoms with Crippen molar-refractivity contribution in [3.63, 3.8) is 0 Å². The van der Waals surface area contributed by atoms with Crippen molar-refractivity contribution in [2.75, 3.05) is 6.54 Å². The van der Waals surface area contributed by atoms with Crippen molar-refractivity contribution in [3.05, 3.63) is 80.5 Å². The molecule has 1 unspecified atom stereocenters. The van der Waals surface area contributed by atoms with Crippen LogP contribution >= 0.6 is 11.6 Å². The fraction of sp³-hybridized carbons (Fsp3) is 0.176. The van der Waals surface area contributed by atoms with E-state index in [-0.39, 0.29) is 17.4 Å². The Bertz CT molecular complexity index is 842. The molecule has 4 nitrogen and oxygen atoms in total. The maximum Gasteiger partial charge on any atom is 0.214 e. The van der Waals surface area contributed by atoms with Crippen molar-refractivity contribution < 1.29 is 4.92 Å². The summed E-state index contributed by atoms with van der Waals surface area (Å²) in [6.07, 6.45) is 0. The molecule has 22 heavy (non-hydrogen) atoms. The molecule has 5 heteroatoms. The van der Waals surface area contributed by atoms with Gasteiger partial charge in [0.25, 0.3) is 0 Å². The van der Waals surface area contributed by atoms with E-state index in [0.717, 1.165) is 27.7 Å². The van der Waals surface area contributed by atoms with Crippen LogP contribution in [-0.4, -0.2) is 16.5 Å². The minimum Gasteiger partial charge on any atom is -0.358 e. The van der Waals surface area contributed by atoms with Crippen LogP contribution in [0.25, 0.3) is 10.9 Å². The number of aromatic nitrogens is 1. The first kappa shape index (κ1) is 14.6. The molecule has 3 rings (SSSR count). The highest BCUT2D eigenvalue weighted by Gasteiger charge is 2.26. The largest absolute Gasteiger partial charge is 0.358 e. The van der Waals surface area contributed by atoms with E-state index in [1.807, 2.05) is 49.4 Å². The number of nitro groups is 1. The van der Waals surface area contributed by atoms with Crippen LogP contribution in [-0.2, 0) is 0 Å². The highest BCUT2D eigenvalue weighted by Crippen LogP contribution is 2.36. The van der Waals surface area contributed by atoms with E-state index in [1.54, 1.807) is 6.07 Å². The minimum absolute atomic E-state index is 0.188. The minimum atomic E-state index is -0.375. The Balaban J connectivity index is 2.23. The normalized spacial score (nSPS) is 12.5. The summed E-state index contributed by atoms with van der Waals surface area (Å²) in [5.41, 5.74) is 3.65. The molecule has 1 N–H and O–H groups in total. The zero-order valence-corrected chi connectivity index (χ0v) is 12.8. The summed E-state index contributed by atoms with van der Waals surface area (Å²) in [5, 5.41) is 12.8. The molecule has 2 aromatic carbocycles. The summed E-state index contributed by atoms with van der Waals surface area (Å²) in [6.45, 7) is 1.76. The summed E-state index contributed by atoms with van der Waals surface area (Å²) in [5.74, 6) is -0.375. The molecular weight excluding hydrogens is 300 g/mol. The second-order valence-corrected chi connectivity index (χ2v) is 5.71. The molecule has 0 aliphatic carbocycles. The average molecular weight is 315 g/mol. The van der Waals surface area contributed by atoms with Crippen molar-refractivity contribution in [1.29, 1.82) is 0 Å². The Kier molecular flexibility index (Phi) is 3.86. The lowest BCUT2D eigenvalue weighted by molar-refractivity contribution is -0.481. The second kappa shape index (κ2) is 5.81. The fourth-order valence-corrected chi connectivity index (χ4v) is 3.27. The lowest BCUT2D eigenvalue weighted by Gasteiger charge is -2.16. The van der Waals surface area contributed by atoms with Crippen LogP contribution in [0.3, 0.4) is 0 Å². The van der Waals surface area contributed by atoms with E-state index in [0.29, 0.717) is 5.02 Å². The van der Waals surface area contributed by atoms with Gasteiger partial charge in [0.05, 0.1) is 5.92 Å². The molecule has 112 valence electrons. The maximum absolute atomic E-state index is 11.2. The Hall–Kier alpha value is -2.33. The summed E-state index contributed by atoms with van der Waals surface area (Å²) >= 11 is 6.29. The lowest BCUT2D eigenvalue weighted by Crippen LogP contribution is -2.15. The first-order valence-corrected chi connectivity index (χ1v) is 7.39. The van der Waals surface area contributed by atoms with Gasteiger partial charge in [0.2, 0.25) is 6.54 Å². The predicted molar refractivity (Wildman–Crippen MR) is 88.2 cm³/mol. The number of aryl methyl sites for hydroxylation is 1. The molecule has 0 amide bonds. The lowest BCUT2D eigenvalue weighted by atomic mass is 9.89. The van der Waals surface area contributed by atoms with Gasteiger partial charge in [0, 0.05) is 26.5 Å². The SMILES string of the molecule is Cc1[nH]c2ccccc2c1C(C[N+](=O)[O-])c1ccccc1Cl. The molecule has 0 fully saturated rings. The molecule has 0 spiro atoms. The monoisotopic (exact) mass is 314 g/mol. The third-order valence-electron chi connectivity index (χ3n) is 3.90. The molecule has 0 aliphatic heterocycles. The van der Waals surface area contributed by atoms with Crippen molar-refractivity contribution in [3.8, 4) is 0 Å². The smallest absolute Gasteiger partial charge is 0.214 e. The predicted octanol–water partition coefficient (Wildman–Crippen LogP) is 4.54. The first-order chi connectivity index (χ1) is 10.6. The highest BCUT2D eigenvalue weighted by atomic mass is 35.5. The van der Waals surface area contributed by atoms with E-state index < -0.39 is 0 Å². The van der Waals surface area contributed by atoms with Crippen molar-refractivity contribution in [2.24, 2.45) is 0 Å². The van der Waals surface area contributed by atoms with E-state index in [4.69, 9.17) is 11.6 Å². The Morgan fingerprint density at radius 2 is 1.86 bits per heavy atom. The van der Waals surface area contributed by atoms with E-state index >= 15 is 0 Å². The van der Waals surface area contributed by atoms with Gasteiger partial charge in [-0.15, -0.1) is 0 Å². The summed E-state index contributed by atoms with van der Waals surface area (Å²) in [7, 11) is 0. The molecule has 0 bridgehead atoms. The van der Waals surface area contributed by atoms with Crippen molar-refractivity contribution >= 4 is 22.5 Å². The fourth-order valence-electron chi connectivity index (χ4n) is 3.00. The van der Waals surface area contributed by atoms with Crippen LogP contribution < -0.4 is 0 Å². The second-order valence-electron chi connectivity index (χ2n) is 5.30. The zero-order chi connectivity index (χ0) is 15.7. The van der Waals surface area contributed by atoms with Gasteiger partial charge in [-0.25, -0.2) is 0 Å². The molecule has 1 aromatic heterocycles. The quantitative estimate of drug-likeness (QED) is 0.568. The van der Waals surface area contributed by atoms with Crippen LogP contribution in [0.4, 0.5) is 0 Å². The maximum atomic E-state index is 11.2. The number of H-pyrrole nitrogens is 1. The molecule has 0 saturated carbocycles. The third kappa shape index (κ3) is 2.57. The Labute approximate surface area is 132 Å². The third-order valence-corrected chi connectivity index (χ3v) is 4.25. The molecule has 0 radical (unpaired) electrons. The van der Waals surface area contributed by atoms with Gasteiger partial charge in [0.1, 0.15) is 0 Å². The number of hydrogen-bond acceptors (Lipinski definition) is 2. The van der Waals surface area contributed by atoms with Gasteiger partial charge in [-0.3, -0.25) is 10.1 Å². The number of nitrogens with zero attached hydrogens (tertiary/aromatic N) is 1. The van der Waals surface area contributed by atoms with Crippen LogP contribution in [0.15, 0.2) is 48.5 Å². The number of fused-ring (bicyclic) bond motifs is 1. The van der Waals surface area contributed by atoms with Crippen LogP contribution in [0.2, 0.25) is 5.02 Å². The number of benzene rings is 2. The number of halogens is 1. The molecular formula is C17H15ClN2O2. The van der Waals surface area contributed by atoms with Gasteiger partial charge in [-0.05, 0) is 30.2 Å². The van der Waals surface area contributed by atoms with Crippen LogP contribution in [0.1, 0.15) is 22.7 Å². The van der Waals surface area contributed by atoms with Gasteiger partial charge in [-0.2, -0.15) is 0 Å². The molecule has 0 saturated heterocycles. The average Bonchev–Trinajstić information content (AvgIpc) is 2.81. The number of rotatable bonds is 4. The number of nitrogens with one attached hydrogen (secondary N) is 1. The summed E-state index contributed by atoms with van der Waals surface area (Å²) in [4.78, 5) is 14.2. The van der Waals surface area contributed by atoms with Crippen molar-refractivity contribution in [2.45, 2.75) is 12.8 Å². The van der Waals surface area contributed by atoms with Crippen LogP contribution in [0.5, 0.6) is 0 Å². The number of aromatic amines is 1. The summed E-state index contributed by atoms with van der Waals surface area (Å²) in [6, 6.07) is 15.2. The van der Waals surface area contributed by atoms with Crippen molar-refractivity contribution in [1.82, 2.24) is 4.98 Å². The van der Waals surface area contributed by atoms with E-state index in [1.165, 1.54) is 0 Å². The Morgan fingerprint density at radius 3 is 2.59 bits per heavy atom. The number of para-hydroxylation sites is 1. The highest BCUT2D eigenvalue weighted by molar-refractivity contribution is 6.31. The zero-order valence-electron chi connectivity index (χ0n) is 12.0. The summed E-state index contributed by atoms with van der Waals surface area (Å²) < 4.78 is 0. The molecule has 1 heterocycles. The molecule has 0 aliphatic rings. The number of hydrogen-bond donors (Lipinski definition) is 1. The first-order valence-electron chi connectivity index (χ1n) is 7.01. The van der Waals surface area contributed by atoms with Gasteiger partial charge < -0.3 is 4.98 Å². The van der Waals surface area contributed by atoms with Gasteiger partial charge >= 0.3 is 0 Å². The standard InChI is InChI=1S/C17H15ClN2O2/c1-11-17(13-7-3-5-9-16(13)19-11)14(10-20(21)22)12-6-2-4-8-15(12)18/h2-9,14,19H,10H2,1H3. The van der Waals surface area contributed by atoms with E-state index in [2.05, 4.69) is 4.98 Å². The van der Waals surface area contributed by atoms with Gasteiger partial charge in [-0.1, -0.05) is 48.0 Å². The van der Waals surface area contributed by atoms with Gasteiger partial charge in [0.15, 0.2) is 0 Å².